The van der Waals surface area contributed by atoms with E-state index in [9.17, 15) is 4.79 Å². The number of aromatic nitrogens is 1. The SMILES string of the molecule is COC(=O)C1(c2cc(C)ccn2)CCN(C)CC1. The molecule has 0 bridgehead atoms. The summed E-state index contributed by atoms with van der Waals surface area (Å²) in [6.45, 7) is 3.81. The van der Waals surface area contributed by atoms with Gasteiger partial charge >= 0.3 is 5.97 Å². The van der Waals surface area contributed by atoms with Crippen LogP contribution in [0.25, 0.3) is 0 Å². The van der Waals surface area contributed by atoms with Gasteiger partial charge in [-0.1, -0.05) is 0 Å². The first-order valence-corrected chi connectivity index (χ1v) is 6.28. The molecule has 0 N–H and O–H groups in total. The summed E-state index contributed by atoms with van der Waals surface area (Å²) in [7, 11) is 3.53. The molecule has 1 aliphatic rings. The van der Waals surface area contributed by atoms with Gasteiger partial charge in [-0.3, -0.25) is 9.78 Å². The molecule has 98 valence electrons. The zero-order valence-corrected chi connectivity index (χ0v) is 11.3. The summed E-state index contributed by atoms with van der Waals surface area (Å²) in [4.78, 5) is 18.9. The molecule has 4 heteroatoms. The Balaban J connectivity index is 2.39. The predicted octanol–water partition coefficient (Wildman–Crippen LogP) is 1.53. The predicted molar refractivity (Wildman–Crippen MR) is 69.4 cm³/mol. The number of pyridine rings is 1. The summed E-state index contributed by atoms with van der Waals surface area (Å²) in [6, 6.07) is 3.95. The molecule has 1 saturated heterocycles. The first-order valence-electron chi connectivity index (χ1n) is 6.28. The van der Waals surface area contributed by atoms with Crippen molar-refractivity contribution < 1.29 is 9.53 Å². The maximum atomic E-state index is 12.2. The molecule has 1 aromatic rings. The molecule has 2 heterocycles. The molecule has 4 nitrogen and oxygen atoms in total. The number of aryl methyl sites for hydroxylation is 1. The van der Waals surface area contributed by atoms with Crippen molar-refractivity contribution >= 4 is 5.97 Å². The molecule has 0 radical (unpaired) electrons. The molecule has 1 fully saturated rings. The van der Waals surface area contributed by atoms with Crippen molar-refractivity contribution in [1.29, 1.82) is 0 Å². The van der Waals surface area contributed by atoms with Crippen LogP contribution >= 0.6 is 0 Å². The maximum absolute atomic E-state index is 12.2. The smallest absolute Gasteiger partial charge is 0.317 e. The normalized spacial score (nSPS) is 19.5. The zero-order valence-electron chi connectivity index (χ0n) is 11.3. The van der Waals surface area contributed by atoms with E-state index in [1.807, 2.05) is 19.1 Å². The van der Waals surface area contributed by atoms with Gasteiger partial charge in [-0.25, -0.2) is 0 Å². The average molecular weight is 248 g/mol. The van der Waals surface area contributed by atoms with Gasteiger partial charge in [0.2, 0.25) is 0 Å². The van der Waals surface area contributed by atoms with Crippen LogP contribution in [0.2, 0.25) is 0 Å². The lowest BCUT2D eigenvalue weighted by Gasteiger charge is -2.37. The topological polar surface area (TPSA) is 42.4 Å². The third-order valence-corrected chi connectivity index (χ3v) is 3.82. The summed E-state index contributed by atoms with van der Waals surface area (Å²) < 4.78 is 5.03. The minimum atomic E-state index is -0.562. The van der Waals surface area contributed by atoms with E-state index in [1.165, 1.54) is 7.11 Å². The first kappa shape index (κ1) is 13.0. The van der Waals surface area contributed by atoms with Crippen molar-refractivity contribution in [3.63, 3.8) is 0 Å². The van der Waals surface area contributed by atoms with E-state index in [2.05, 4.69) is 16.9 Å². The van der Waals surface area contributed by atoms with E-state index in [0.29, 0.717) is 0 Å². The number of rotatable bonds is 2. The van der Waals surface area contributed by atoms with Crippen LogP contribution in [0.15, 0.2) is 18.3 Å². The van der Waals surface area contributed by atoms with Gasteiger partial charge in [0.1, 0.15) is 5.41 Å². The quantitative estimate of drug-likeness (QED) is 0.744. The number of piperidine rings is 1. The van der Waals surface area contributed by atoms with Crippen LogP contribution in [0.5, 0.6) is 0 Å². The molecule has 0 spiro atoms. The minimum absolute atomic E-state index is 0.159. The number of nitrogens with zero attached hydrogens (tertiary/aromatic N) is 2. The Labute approximate surface area is 108 Å². The van der Waals surface area contributed by atoms with Crippen LogP contribution in [-0.4, -0.2) is 43.1 Å². The summed E-state index contributed by atoms with van der Waals surface area (Å²) in [5.41, 5.74) is 1.41. The lowest BCUT2D eigenvalue weighted by Crippen LogP contribution is -2.47. The number of ether oxygens (including phenoxy) is 1. The summed E-state index contributed by atoms with van der Waals surface area (Å²) in [6.07, 6.45) is 3.31. The molecule has 0 unspecified atom stereocenters. The number of hydrogen-bond donors (Lipinski definition) is 0. The van der Waals surface area contributed by atoms with E-state index in [0.717, 1.165) is 37.2 Å². The lowest BCUT2D eigenvalue weighted by molar-refractivity contribution is -0.149. The molecular formula is C14H20N2O2. The van der Waals surface area contributed by atoms with E-state index in [-0.39, 0.29) is 5.97 Å². The number of esters is 1. The van der Waals surface area contributed by atoms with E-state index in [1.54, 1.807) is 6.20 Å². The molecule has 0 aromatic carbocycles. The van der Waals surface area contributed by atoms with Crippen molar-refractivity contribution in [1.82, 2.24) is 9.88 Å². The second-order valence-corrected chi connectivity index (χ2v) is 5.10. The Morgan fingerprint density at radius 1 is 1.44 bits per heavy atom. The van der Waals surface area contributed by atoms with Crippen LogP contribution in [0, 0.1) is 6.92 Å². The summed E-state index contributed by atoms with van der Waals surface area (Å²) in [5.74, 6) is -0.159. The van der Waals surface area contributed by atoms with Gasteiger partial charge in [-0.05, 0) is 57.6 Å². The largest absolute Gasteiger partial charge is 0.468 e. The zero-order chi connectivity index (χ0) is 13.2. The highest BCUT2D eigenvalue weighted by Gasteiger charge is 2.44. The highest BCUT2D eigenvalue weighted by molar-refractivity contribution is 5.82. The van der Waals surface area contributed by atoms with E-state index < -0.39 is 5.41 Å². The summed E-state index contributed by atoms with van der Waals surface area (Å²) >= 11 is 0. The molecular weight excluding hydrogens is 228 g/mol. The minimum Gasteiger partial charge on any atom is -0.468 e. The Hall–Kier alpha value is -1.42. The van der Waals surface area contributed by atoms with E-state index in [4.69, 9.17) is 4.74 Å². The number of carbonyl (C=O) groups excluding carboxylic acids is 1. The molecule has 1 aromatic heterocycles. The van der Waals surface area contributed by atoms with Crippen molar-refractivity contribution in [2.24, 2.45) is 0 Å². The van der Waals surface area contributed by atoms with Crippen LogP contribution < -0.4 is 0 Å². The summed E-state index contributed by atoms with van der Waals surface area (Å²) in [5, 5.41) is 0. The fourth-order valence-electron chi connectivity index (χ4n) is 2.56. The first-order chi connectivity index (χ1) is 8.58. The molecule has 0 saturated carbocycles. The third kappa shape index (κ3) is 2.25. The van der Waals surface area contributed by atoms with Gasteiger partial charge in [-0.2, -0.15) is 0 Å². The number of methoxy groups -OCH3 is 1. The molecule has 0 atom stereocenters. The number of hydrogen-bond acceptors (Lipinski definition) is 4. The van der Waals surface area contributed by atoms with Crippen molar-refractivity contribution in [3.8, 4) is 0 Å². The van der Waals surface area contributed by atoms with Crippen LogP contribution in [-0.2, 0) is 14.9 Å². The monoisotopic (exact) mass is 248 g/mol. The Bertz CT molecular complexity index is 437. The highest BCUT2D eigenvalue weighted by atomic mass is 16.5. The van der Waals surface area contributed by atoms with Crippen LogP contribution in [0.1, 0.15) is 24.1 Å². The molecule has 0 aliphatic carbocycles. The lowest BCUT2D eigenvalue weighted by atomic mass is 9.75. The van der Waals surface area contributed by atoms with Gasteiger partial charge in [0.25, 0.3) is 0 Å². The second kappa shape index (κ2) is 5.06. The van der Waals surface area contributed by atoms with Gasteiger partial charge < -0.3 is 9.64 Å². The highest BCUT2D eigenvalue weighted by Crippen LogP contribution is 2.35. The maximum Gasteiger partial charge on any atom is 0.317 e. The standard InChI is InChI=1S/C14H20N2O2/c1-11-4-7-15-12(10-11)14(13(17)18-3)5-8-16(2)9-6-14/h4,7,10H,5-6,8-9H2,1-3H3. The van der Waals surface area contributed by atoms with Gasteiger partial charge in [0.05, 0.1) is 12.8 Å². The third-order valence-electron chi connectivity index (χ3n) is 3.82. The van der Waals surface area contributed by atoms with Gasteiger partial charge in [-0.15, -0.1) is 0 Å². The van der Waals surface area contributed by atoms with Crippen LogP contribution in [0.3, 0.4) is 0 Å². The fourth-order valence-corrected chi connectivity index (χ4v) is 2.56. The average Bonchev–Trinajstić information content (AvgIpc) is 2.39. The molecule has 1 aliphatic heterocycles. The van der Waals surface area contributed by atoms with Crippen molar-refractivity contribution in [2.75, 3.05) is 27.2 Å². The molecule has 2 rings (SSSR count). The Kier molecular flexibility index (Phi) is 3.66. The second-order valence-electron chi connectivity index (χ2n) is 5.10. The fraction of sp³-hybridized carbons (Fsp3) is 0.571. The van der Waals surface area contributed by atoms with Crippen molar-refractivity contribution in [2.45, 2.75) is 25.2 Å². The van der Waals surface area contributed by atoms with Crippen molar-refractivity contribution in [3.05, 3.63) is 29.6 Å². The Morgan fingerprint density at radius 3 is 2.67 bits per heavy atom. The number of carbonyl (C=O) groups is 1. The van der Waals surface area contributed by atoms with Gasteiger partial charge in [0.15, 0.2) is 0 Å². The Morgan fingerprint density at radius 2 is 2.11 bits per heavy atom. The number of likely N-dealkylation sites (tertiary alicyclic amines) is 1. The van der Waals surface area contributed by atoms with Crippen LogP contribution in [0.4, 0.5) is 0 Å². The molecule has 0 amide bonds. The molecule has 18 heavy (non-hydrogen) atoms. The van der Waals surface area contributed by atoms with Gasteiger partial charge in [0, 0.05) is 6.20 Å². The van der Waals surface area contributed by atoms with E-state index >= 15 is 0 Å².